The van der Waals surface area contributed by atoms with Crippen molar-refractivity contribution < 1.29 is 18.3 Å². The zero-order valence-corrected chi connectivity index (χ0v) is 9.78. The first-order valence-electron chi connectivity index (χ1n) is 4.65. The topological polar surface area (TPSA) is 83.5 Å². The van der Waals surface area contributed by atoms with Crippen LogP contribution in [0.5, 0.6) is 0 Å². The van der Waals surface area contributed by atoms with Crippen LogP contribution in [0.4, 0.5) is 0 Å². The number of aryl methyl sites for hydroxylation is 1. The molecule has 0 fully saturated rings. The fourth-order valence-electron chi connectivity index (χ4n) is 1.13. The van der Waals surface area contributed by atoms with E-state index < -0.39 is 22.0 Å². The standard InChI is InChI=1S/C10H13NO4S/c1-7-4-3-5-9(6-7)16(14,15)11-8(2)10(12)13/h3-6,8,11H,1-2H3,(H,12,13)/t8-/m1/s1. The number of carboxylic acid groups (broad SMARTS) is 1. The SMILES string of the molecule is Cc1cccc(S(=O)(=O)N[C@H](C)C(=O)O)c1. The first kappa shape index (κ1) is 12.7. The molecule has 0 aliphatic heterocycles. The molecular weight excluding hydrogens is 230 g/mol. The Morgan fingerprint density at radius 2 is 2.06 bits per heavy atom. The van der Waals surface area contributed by atoms with Crippen molar-refractivity contribution in [2.45, 2.75) is 24.8 Å². The Balaban J connectivity index is 2.99. The molecule has 16 heavy (non-hydrogen) atoms. The van der Waals surface area contributed by atoms with Gasteiger partial charge in [0.15, 0.2) is 0 Å². The van der Waals surface area contributed by atoms with E-state index in [1.165, 1.54) is 19.1 Å². The van der Waals surface area contributed by atoms with E-state index in [0.29, 0.717) is 0 Å². The molecule has 0 aromatic heterocycles. The third-order valence-corrected chi connectivity index (χ3v) is 3.54. The van der Waals surface area contributed by atoms with Gasteiger partial charge in [0.25, 0.3) is 0 Å². The zero-order chi connectivity index (χ0) is 12.3. The Hall–Kier alpha value is -1.40. The second kappa shape index (κ2) is 4.63. The van der Waals surface area contributed by atoms with E-state index >= 15 is 0 Å². The van der Waals surface area contributed by atoms with Gasteiger partial charge in [-0.3, -0.25) is 4.79 Å². The molecule has 0 saturated carbocycles. The highest BCUT2D eigenvalue weighted by molar-refractivity contribution is 7.89. The summed E-state index contributed by atoms with van der Waals surface area (Å²) in [6.07, 6.45) is 0. The lowest BCUT2D eigenvalue weighted by Crippen LogP contribution is -2.38. The summed E-state index contributed by atoms with van der Waals surface area (Å²) in [5, 5.41) is 8.62. The van der Waals surface area contributed by atoms with Crippen LogP contribution in [-0.2, 0) is 14.8 Å². The van der Waals surface area contributed by atoms with E-state index in [1.807, 2.05) is 0 Å². The van der Waals surface area contributed by atoms with Crippen molar-refractivity contribution in [3.63, 3.8) is 0 Å². The molecule has 1 aromatic rings. The van der Waals surface area contributed by atoms with Crippen LogP contribution in [-0.4, -0.2) is 25.5 Å². The van der Waals surface area contributed by atoms with Crippen molar-refractivity contribution in [3.05, 3.63) is 29.8 Å². The lowest BCUT2D eigenvalue weighted by Gasteiger charge is -2.10. The van der Waals surface area contributed by atoms with E-state index in [0.717, 1.165) is 5.56 Å². The molecule has 88 valence electrons. The molecule has 1 atom stereocenters. The summed E-state index contributed by atoms with van der Waals surface area (Å²) >= 11 is 0. The third-order valence-electron chi connectivity index (χ3n) is 2.00. The molecule has 0 saturated heterocycles. The van der Waals surface area contributed by atoms with Gasteiger partial charge >= 0.3 is 5.97 Å². The predicted octanol–water partition coefficient (Wildman–Crippen LogP) is 0.746. The van der Waals surface area contributed by atoms with Crippen LogP contribution in [0.1, 0.15) is 12.5 Å². The summed E-state index contributed by atoms with van der Waals surface area (Å²) in [5.41, 5.74) is 0.797. The first-order valence-corrected chi connectivity index (χ1v) is 6.13. The van der Waals surface area contributed by atoms with Crippen LogP contribution in [0.15, 0.2) is 29.2 Å². The Morgan fingerprint density at radius 3 is 2.56 bits per heavy atom. The average Bonchev–Trinajstić information content (AvgIpc) is 2.17. The smallest absolute Gasteiger partial charge is 0.321 e. The summed E-state index contributed by atoms with van der Waals surface area (Å²) in [6, 6.07) is 5.13. The Bertz CT molecular complexity index is 495. The highest BCUT2D eigenvalue weighted by atomic mass is 32.2. The molecule has 0 unspecified atom stereocenters. The van der Waals surface area contributed by atoms with Crippen LogP contribution in [0.3, 0.4) is 0 Å². The van der Waals surface area contributed by atoms with E-state index in [2.05, 4.69) is 4.72 Å². The molecule has 1 aromatic carbocycles. The number of rotatable bonds is 4. The van der Waals surface area contributed by atoms with Gasteiger partial charge in [-0.1, -0.05) is 12.1 Å². The number of hydrogen-bond acceptors (Lipinski definition) is 3. The maximum Gasteiger partial charge on any atom is 0.321 e. The monoisotopic (exact) mass is 243 g/mol. The van der Waals surface area contributed by atoms with Gasteiger partial charge in [-0.2, -0.15) is 4.72 Å². The second-order valence-electron chi connectivity index (χ2n) is 3.50. The fraction of sp³-hybridized carbons (Fsp3) is 0.300. The van der Waals surface area contributed by atoms with Crippen molar-refractivity contribution in [2.75, 3.05) is 0 Å². The van der Waals surface area contributed by atoms with Crippen LogP contribution in [0.25, 0.3) is 0 Å². The normalized spacial score (nSPS) is 13.4. The number of hydrogen-bond donors (Lipinski definition) is 2. The first-order chi connectivity index (χ1) is 7.33. The number of carboxylic acids is 1. The lowest BCUT2D eigenvalue weighted by molar-refractivity contribution is -0.138. The second-order valence-corrected chi connectivity index (χ2v) is 5.21. The minimum absolute atomic E-state index is 0.0700. The van der Waals surface area contributed by atoms with Crippen LogP contribution >= 0.6 is 0 Å². The molecule has 0 aliphatic rings. The lowest BCUT2D eigenvalue weighted by atomic mass is 10.2. The van der Waals surface area contributed by atoms with Gasteiger partial charge in [0.1, 0.15) is 6.04 Å². The Kier molecular flexibility index (Phi) is 3.66. The number of aliphatic carboxylic acids is 1. The van der Waals surface area contributed by atoms with Gasteiger partial charge in [-0.25, -0.2) is 8.42 Å². The van der Waals surface area contributed by atoms with E-state index in [9.17, 15) is 13.2 Å². The van der Waals surface area contributed by atoms with Crippen molar-refractivity contribution in [1.82, 2.24) is 4.72 Å². The highest BCUT2D eigenvalue weighted by Gasteiger charge is 2.21. The van der Waals surface area contributed by atoms with Gasteiger partial charge < -0.3 is 5.11 Å². The fourth-order valence-corrected chi connectivity index (χ4v) is 2.43. The van der Waals surface area contributed by atoms with Crippen LogP contribution < -0.4 is 4.72 Å². The summed E-state index contributed by atoms with van der Waals surface area (Å²) < 4.78 is 25.5. The van der Waals surface area contributed by atoms with E-state index in [4.69, 9.17) is 5.11 Å². The predicted molar refractivity (Wildman–Crippen MR) is 58.6 cm³/mol. The molecule has 2 N–H and O–H groups in total. The summed E-state index contributed by atoms with van der Waals surface area (Å²) in [7, 11) is -3.76. The van der Waals surface area contributed by atoms with Gasteiger partial charge in [0.2, 0.25) is 10.0 Å². The van der Waals surface area contributed by atoms with E-state index in [1.54, 1.807) is 19.1 Å². The van der Waals surface area contributed by atoms with Gasteiger partial charge in [-0.15, -0.1) is 0 Å². The largest absolute Gasteiger partial charge is 0.480 e. The number of nitrogens with one attached hydrogen (secondary N) is 1. The minimum atomic E-state index is -3.76. The van der Waals surface area contributed by atoms with Crippen LogP contribution in [0, 0.1) is 6.92 Å². The molecule has 0 radical (unpaired) electrons. The molecular formula is C10H13NO4S. The molecule has 1 rings (SSSR count). The Labute approximate surface area is 94.2 Å². The molecule has 6 heteroatoms. The zero-order valence-electron chi connectivity index (χ0n) is 8.97. The molecule has 0 amide bonds. The van der Waals surface area contributed by atoms with Gasteiger partial charge in [0.05, 0.1) is 4.90 Å². The quantitative estimate of drug-likeness (QED) is 0.817. The van der Waals surface area contributed by atoms with Crippen molar-refractivity contribution in [3.8, 4) is 0 Å². The molecule has 0 aliphatic carbocycles. The van der Waals surface area contributed by atoms with E-state index in [-0.39, 0.29) is 4.90 Å². The highest BCUT2D eigenvalue weighted by Crippen LogP contribution is 2.11. The molecule has 5 nitrogen and oxygen atoms in total. The molecule has 0 spiro atoms. The number of benzene rings is 1. The van der Waals surface area contributed by atoms with Crippen molar-refractivity contribution in [2.24, 2.45) is 0 Å². The maximum absolute atomic E-state index is 11.7. The number of carbonyl (C=O) groups is 1. The maximum atomic E-state index is 11.7. The minimum Gasteiger partial charge on any atom is -0.480 e. The van der Waals surface area contributed by atoms with Gasteiger partial charge in [-0.05, 0) is 31.5 Å². The number of sulfonamides is 1. The molecule has 0 bridgehead atoms. The summed E-state index contributed by atoms with van der Waals surface area (Å²) in [4.78, 5) is 10.6. The Morgan fingerprint density at radius 1 is 1.44 bits per heavy atom. The third kappa shape index (κ3) is 3.04. The summed E-state index contributed by atoms with van der Waals surface area (Å²) in [5.74, 6) is -1.21. The van der Waals surface area contributed by atoms with Crippen molar-refractivity contribution >= 4 is 16.0 Å². The van der Waals surface area contributed by atoms with Crippen LogP contribution in [0.2, 0.25) is 0 Å². The molecule has 0 heterocycles. The summed E-state index contributed by atoms with van der Waals surface area (Å²) in [6.45, 7) is 3.04. The average molecular weight is 243 g/mol. The van der Waals surface area contributed by atoms with Crippen molar-refractivity contribution in [1.29, 1.82) is 0 Å². The van der Waals surface area contributed by atoms with Gasteiger partial charge in [0, 0.05) is 0 Å².